The van der Waals surface area contributed by atoms with Crippen LogP contribution in [0.1, 0.15) is 18.5 Å². The molecule has 0 amide bonds. The van der Waals surface area contributed by atoms with E-state index in [1.54, 1.807) is 7.11 Å². The predicted octanol–water partition coefficient (Wildman–Crippen LogP) is 4.04. The van der Waals surface area contributed by atoms with Crippen LogP contribution in [0, 0.1) is 0 Å². The molecule has 0 saturated carbocycles. The molecule has 18 heavy (non-hydrogen) atoms. The average Bonchev–Trinajstić information content (AvgIpc) is 2.38. The zero-order valence-electron chi connectivity index (χ0n) is 10.5. The summed E-state index contributed by atoms with van der Waals surface area (Å²) in [6.07, 6.45) is 0. The van der Waals surface area contributed by atoms with Crippen molar-refractivity contribution in [3.05, 3.63) is 53.1 Å². The maximum Gasteiger partial charge on any atom is 0.126 e. The molecule has 2 rings (SSSR count). The summed E-state index contributed by atoms with van der Waals surface area (Å²) in [7, 11) is 1.66. The van der Waals surface area contributed by atoms with Crippen LogP contribution in [-0.2, 0) is 0 Å². The fourth-order valence-corrected chi connectivity index (χ4v) is 2.08. The number of hydrogen-bond donors (Lipinski definition) is 1. The number of methoxy groups -OCH3 is 1. The Labute approximate surface area is 112 Å². The topological polar surface area (TPSA) is 35.2 Å². The Kier molecular flexibility index (Phi) is 3.90. The van der Waals surface area contributed by atoms with Crippen molar-refractivity contribution >= 4 is 11.6 Å². The second-order valence-corrected chi connectivity index (χ2v) is 4.70. The number of ether oxygens (including phenoxy) is 1. The van der Waals surface area contributed by atoms with Gasteiger partial charge >= 0.3 is 0 Å². The van der Waals surface area contributed by atoms with Gasteiger partial charge in [0.1, 0.15) is 5.75 Å². The van der Waals surface area contributed by atoms with Gasteiger partial charge < -0.3 is 10.5 Å². The first kappa shape index (κ1) is 12.9. The summed E-state index contributed by atoms with van der Waals surface area (Å²) < 4.78 is 5.39. The summed E-state index contributed by atoms with van der Waals surface area (Å²) in [5, 5.41) is 0.709. The fraction of sp³-hybridized carbons (Fsp3) is 0.200. The van der Waals surface area contributed by atoms with E-state index in [1.807, 2.05) is 43.3 Å². The Bertz CT molecular complexity index is 552. The Morgan fingerprint density at radius 2 is 1.94 bits per heavy atom. The highest BCUT2D eigenvalue weighted by atomic mass is 35.5. The first-order chi connectivity index (χ1) is 8.61. The minimum atomic E-state index is -0.00570. The highest BCUT2D eigenvalue weighted by Crippen LogP contribution is 2.33. The van der Waals surface area contributed by atoms with Crippen molar-refractivity contribution in [2.45, 2.75) is 13.0 Å². The molecule has 0 saturated heterocycles. The van der Waals surface area contributed by atoms with Crippen molar-refractivity contribution in [1.82, 2.24) is 0 Å². The third kappa shape index (κ3) is 2.66. The van der Waals surface area contributed by atoms with Gasteiger partial charge in [0.2, 0.25) is 0 Å². The Morgan fingerprint density at radius 1 is 1.17 bits per heavy atom. The first-order valence-electron chi connectivity index (χ1n) is 5.81. The van der Waals surface area contributed by atoms with E-state index in [9.17, 15) is 0 Å². The van der Waals surface area contributed by atoms with Crippen molar-refractivity contribution in [2.24, 2.45) is 5.73 Å². The van der Waals surface area contributed by atoms with Crippen LogP contribution < -0.4 is 10.5 Å². The number of rotatable bonds is 3. The summed E-state index contributed by atoms with van der Waals surface area (Å²) in [6.45, 7) is 1.96. The summed E-state index contributed by atoms with van der Waals surface area (Å²) in [4.78, 5) is 0. The van der Waals surface area contributed by atoms with E-state index in [-0.39, 0.29) is 6.04 Å². The van der Waals surface area contributed by atoms with Crippen molar-refractivity contribution in [1.29, 1.82) is 0 Å². The largest absolute Gasteiger partial charge is 0.496 e. The van der Waals surface area contributed by atoms with Crippen LogP contribution in [0.15, 0.2) is 42.5 Å². The lowest BCUT2D eigenvalue weighted by atomic mass is 9.99. The van der Waals surface area contributed by atoms with Gasteiger partial charge in [-0.2, -0.15) is 0 Å². The third-order valence-electron chi connectivity index (χ3n) is 2.88. The molecule has 2 nitrogen and oxygen atoms in total. The molecule has 94 valence electrons. The predicted molar refractivity (Wildman–Crippen MR) is 76.0 cm³/mol. The average molecular weight is 262 g/mol. The minimum Gasteiger partial charge on any atom is -0.496 e. The SMILES string of the molecule is COc1ccc(C(C)N)cc1-c1cccc(Cl)c1. The van der Waals surface area contributed by atoms with Gasteiger partial charge in [-0.05, 0) is 42.3 Å². The molecule has 2 aromatic carbocycles. The number of halogens is 1. The maximum atomic E-state index is 6.03. The fourth-order valence-electron chi connectivity index (χ4n) is 1.89. The van der Waals surface area contributed by atoms with E-state index in [0.717, 1.165) is 22.4 Å². The lowest BCUT2D eigenvalue weighted by Gasteiger charge is -2.13. The molecule has 2 aromatic rings. The molecule has 0 fully saturated rings. The zero-order chi connectivity index (χ0) is 13.1. The number of nitrogens with two attached hydrogens (primary N) is 1. The van der Waals surface area contributed by atoms with E-state index in [1.165, 1.54) is 0 Å². The first-order valence-corrected chi connectivity index (χ1v) is 6.19. The van der Waals surface area contributed by atoms with Gasteiger partial charge in [0.15, 0.2) is 0 Å². The Morgan fingerprint density at radius 3 is 2.56 bits per heavy atom. The molecule has 0 bridgehead atoms. The van der Waals surface area contributed by atoms with Gasteiger partial charge in [-0.1, -0.05) is 29.8 Å². The highest BCUT2D eigenvalue weighted by Gasteiger charge is 2.09. The van der Waals surface area contributed by atoms with Crippen molar-refractivity contribution < 1.29 is 4.74 Å². The van der Waals surface area contributed by atoms with Crippen LogP contribution in [-0.4, -0.2) is 7.11 Å². The van der Waals surface area contributed by atoms with Crippen LogP contribution >= 0.6 is 11.6 Å². The van der Waals surface area contributed by atoms with E-state index >= 15 is 0 Å². The van der Waals surface area contributed by atoms with Crippen LogP contribution in [0.2, 0.25) is 5.02 Å². The van der Waals surface area contributed by atoms with E-state index in [2.05, 4.69) is 6.07 Å². The van der Waals surface area contributed by atoms with Crippen LogP contribution in [0.4, 0.5) is 0 Å². The molecule has 0 heterocycles. The van der Waals surface area contributed by atoms with E-state index < -0.39 is 0 Å². The second-order valence-electron chi connectivity index (χ2n) is 4.26. The molecule has 0 aliphatic carbocycles. The summed E-state index contributed by atoms with van der Waals surface area (Å²) >= 11 is 6.03. The van der Waals surface area contributed by atoms with Crippen molar-refractivity contribution in [3.63, 3.8) is 0 Å². The molecule has 0 radical (unpaired) electrons. The monoisotopic (exact) mass is 261 g/mol. The maximum absolute atomic E-state index is 6.03. The molecular formula is C15H16ClNO. The molecule has 1 atom stereocenters. The Balaban J connectivity index is 2.56. The minimum absolute atomic E-state index is 0.00570. The van der Waals surface area contributed by atoms with Crippen molar-refractivity contribution in [2.75, 3.05) is 7.11 Å². The smallest absolute Gasteiger partial charge is 0.126 e. The van der Waals surface area contributed by atoms with Gasteiger partial charge in [-0.3, -0.25) is 0 Å². The van der Waals surface area contributed by atoms with Crippen molar-refractivity contribution in [3.8, 4) is 16.9 Å². The summed E-state index contributed by atoms with van der Waals surface area (Å²) in [5.74, 6) is 0.821. The highest BCUT2D eigenvalue weighted by molar-refractivity contribution is 6.30. The van der Waals surface area contributed by atoms with E-state index in [4.69, 9.17) is 22.1 Å². The normalized spacial score (nSPS) is 12.2. The lowest BCUT2D eigenvalue weighted by Crippen LogP contribution is -2.05. The van der Waals surface area contributed by atoms with Crippen LogP contribution in [0.5, 0.6) is 5.75 Å². The molecule has 0 aliphatic rings. The molecule has 2 N–H and O–H groups in total. The van der Waals surface area contributed by atoms with Gasteiger partial charge in [0, 0.05) is 16.6 Å². The molecule has 3 heteroatoms. The molecule has 0 spiro atoms. The van der Waals surface area contributed by atoms with Gasteiger partial charge in [-0.25, -0.2) is 0 Å². The van der Waals surface area contributed by atoms with Gasteiger partial charge in [-0.15, -0.1) is 0 Å². The molecule has 1 unspecified atom stereocenters. The van der Waals surface area contributed by atoms with Crippen LogP contribution in [0.25, 0.3) is 11.1 Å². The summed E-state index contributed by atoms with van der Waals surface area (Å²) in [6, 6.07) is 13.7. The number of hydrogen-bond acceptors (Lipinski definition) is 2. The van der Waals surface area contributed by atoms with E-state index in [0.29, 0.717) is 5.02 Å². The second kappa shape index (κ2) is 5.42. The molecular weight excluding hydrogens is 246 g/mol. The number of benzene rings is 2. The third-order valence-corrected chi connectivity index (χ3v) is 3.12. The Hall–Kier alpha value is -1.51. The molecule has 0 aromatic heterocycles. The van der Waals surface area contributed by atoms with Gasteiger partial charge in [0.25, 0.3) is 0 Å². The lowest BCUT2D eigenvalue weighted by molar-refractivity contribution is 0.416. The van der Waals surface area contributed by atoms with Gasteiger partial charge in [0.05, 0.1) is 7.11 Å². The molecule has 0 aliphatic heterocycles. The quantitative estimate of drug-likeness (QED) is 0.905. The zero-order valence-corrected chi connectivity index (χ0v) is 11.2. The standard InChI is InChI=1S/C15H16ClNO/c1-10(17)11-6-7-15(18-2)14(9-11)12-4-3-5-13(16)8-12/h3-10H,17H2,1-2H3. The van der Waals surface area contributed by atoms with Crippen LogP contribution in [0.3, 0.4) is 0 Å². The summed E-state index contributed by atoms with van der Waals surface area (Å²) in [5.41, 5.74) is 9.03.